The van der Waals surface area contributed by atoms with Crippen molar-refractivity contribution in [3.05, 3.63) is 98.5 Å². The molecular weight excluding hydrogens is 491 g/mol. The van der Waals surface area contributed by atoms with Crippen LogP contribution in [0, 0.1) is 6.92 Å². The molecule has 0 aliphatic carbocycles. The highest BCUT2D eigenvalue weighted by Gasteiger charge is 2.27. The second-order valence-corrected chi connectivity index (χ2v) is 10.4. The third kappa shape index (κ3) is 6.47. The van der Waals surface area contributed by atoms with Crippen molar-refractivity contribution in [3.8, 4) is 0 Å². The van der Waals surface area contributed by atoms with Gasteiger partial charge in [-0.1, -0.05) is 70.7 Å². The topological polar surface area (TPSA) is 66.5 Å². The molecule has 1 amide bonds. The maximum atomic E-state index is 13.3. The number of hydrogen-bond acceptors (Lipinski definition) is 3. The first-order valence-electron chi connectivity index (χ1n) is 9.67. The van der Waals surface area contributed by atoms with Gasteiger partial charge in [-0.2, -0.15) is 4.31 Å². The van der Waals surface area contributed by atoms with Crippen molar-refractivity contribution in [3.63, 3.8) is 0 Å². The van der Waals surface area contributed by atoms with Gasteiger partial charge in [-0.3, -0.25) is 4.79 Å². The summed E-state index contributed by atoms with van der Waals surface area (Å²) in [5.74, 6) is -0.437. The largest absolute Gasteiger partial charge is 0.351 e. The van der Waals surface area contributed by atoms with E-state index in [4.69, 9.17) is 34.8 Å². The molecule has 0 atom stereocenters. The fourth-order valence-corrected chi connectivity index (χ4v) is 4.91. The molecule has 0 saturated heterocycles. The fourth-order valence-electron chi connectivity index (χ4n) is 2.94. The van der Waals surface area contributed by atoms with Crippen LogP contribution in [-0.4, -0.2) is 25.2 Å². The van der Waals surface area contributed by atoms with E-state index in [2.05, 4.69) is 5.32 Å². The Morgan fingerprint density at radius 3 is 2.16 bits per heavy atom. The van der Waals surface area contributed by atoms with Crippen LogP contribution in [-0.2, 0) is 27.9 Å². The van der Waals surface area contributed by atoms with Gasteiger partial charge in [0.05, 0.1) is 11.4 Å². The number of nitrogens with one attached hydrogen (secondary N) is 1. The van der Waals surface area contributed by atoms with E-state index >= 15 is 0 Å². The van der Waals surface area contributed by atoms with Gasteiger partial charge in [-0.05, 0) is 54.4 Å². The average molecular weight is 512 g/mol. The number of hydrogen-bond donors (Lipinski definition) is 1. The minimum atomic E-state index is -4.00. The van der Waals surface area contributed by atoms with E-state index in [0.29, 0.717) is 20.6 Å². The summed E-state index contributed by atoms with van der Waals surface area (Å²) in [4.78, 5) is 12.7. The molecule has 32 heavy (non-hydrogen) atoms. The van der Waals surface area contributed by atoms with E-state index in [0.717, 1.165) is 15.4 Å². The zero-order valence-corrected chi connectivity index (χ0v) is 20.3. The number of rotatable bonds is 8. The Balaban J connectivity index is 1.82. The van der Waals surface area contributed by atoms with Gasteiger partial charge in [0.2, 0.25) is 15.9 Å². The molecule has 0 aliphatic heterocycles. The fraction of sp³-hybridized carbons (Fsp3) is 0.174. The number of aryl methyl sites for hydroxylation is 1. The lowest BCUT2D eigenvalue weighted by molar-refractivity contribution is -0.121. The predicted molar refractivity (Wildman–Crippen MR) is 129 cm³/mol. The molecule has 3 aromatic rings. The quantitative estimate of drug-likeness (QED) is 0.436. The second kappa shape index (κ2) is 10.7. The average Bonchev–Trinajstić information content (AvgIpc) is 2.75. The molecule has 0 aromatic heterocycles. The highest BCUT2D eigenvalue weighted by Crippen LogP contribution is 2.25. The minimum Gasteiger partial charge on any atom is -0.351 e. The van der Waals surface area contributed by atoms with Crippen LogP contribution in [0.3, 0.4) is 0 Å². The number of benzene rings is 3. The Morgan fingerprint density at radius 1 is 0.906 bits per heavy atom. The van der Waals surface area contributed by atoms with E-state index in [9.17, 15) is 13.2 Å². The first-order chi connectivity index (χ1) is 15.1. The van der Waals surface area contributed by atoms with Crippen LogP contribution < -0.4 is 5.32 Å². The Morgan fingerprint density at radius 2 is 1.53 bits per heavy atom. The number of sulfonamides is 1. The molecule has 5 nitrogen and oxygen atoms in total. The van der Waals surface area contributed by atoms with E-state index in [1.54, 1.807) is 12.1 Å². The number of halogens is 3. The van der Waals surface area contributed by atoms with E-state index in [-0.39, 0.29) is 24.5 Å². The van der Waals surface area contributed by atoms with Crippen LogP contribution in [0.2, 0.25) is 15.1 Å². The molecule has 0 unspecified atom stereocenters. The first-order valence-corrected chi connectivity index (χ1v) is 12.2. The molecule has 0 fully saturated rings. The minimum absolute atomic E-state index is 0.0262. The van der Waals surface area contributed by atoms with E-state index in [1.165, 1.54) is 30.3 Å². The maximum absolute atomic E-state index is 13.3. The van der Waals surface area contributed by atoms with Gasteiger partial charge >= 0.3 is 0 Å². The molecule has 0 bridgehead atoms. The van der Waals surface area contributed by atoms with Crippen molar-refractivity contribution in [2.24, 2.45) is 0 Å². The third-order valence-electron chi connectivity index (χ3n) is 4.74. The molecule has 0 spiro atoms. The summed E-state index contributed by atoms with van der Waals surface area (Å²) in [6, 6.07) is 18.3. The van der Waals surface area contributed by atoms with Gasteiger partial charge in [-0.15, -0.1) is 0 Å². The molecule has 0 heterocycles. The van der Waals surface area contributed by atoms with Crippen LogP contribution in [0.5, 0.6) is 0 Å². The van der Waals surface area contributed by atoms with Crippen molar-refractivity contribution in [2.45, 2.75) is 24.9 Å². The van der Waals surface area contributed by atoms with Gasteiger partial charge in [0.15, 0.2) is 0 Å². The molecule has 0 saturated carbocycles. The highest BCUT2D eigenvalue weighted by atomic mass is 35.5. The SMILES string of the molecule is Cc1ccc(CNC(=O)CN(Cc2ccc(Cl)cc2Cl)S(=O)(=O)c2ccc(Cl)cc2)cc1. The van der Waals surface area contributed by atoms with Crippen molar-refractivity contribution in [2.75, 3.05) is 6.54 Å². The number of nitrogens with zero attached hydrogens (tertiary/aromatic N) is 1. The van der Waals surface area contributed by atoms with Crippen molar-refractivity contribution in [1.29, 1.82) is 0 Å². The van der Waals surface area contributed by atoms with Gasteiger partial charge in [0.25, 0.3) is 0 Å². The summed E-state index contributed by atoms with van der Waals surface area (Å²) >= 11 is 18.1. The lowest BCUT2D eigenvalue weighted by Crippen LogP contribution is -2.40. The van der Waals surface area contributed by atoms with E-state index in [1.807, 2.05) is 31.2 Å². The van der Waals surface area contributed by atoms with E-state index < -0.39 is 15.9 Å². The third-order valence-corrected chi connectivity index (χ3v) is 7.39. The highest BCUT2D eigenvalue weighted by molar-refractivity contribution is 7.89. The zero-order chi connectivity index (χ0) is 23.3. The smallest absolute Gasteiger partial charge is 0.243 e. The summed E-state index contributed by atoms with van der Waals surface area (Å²) in [7, 11) is -4.00. The van der Waals surface area contributed by atoms with Crippen LogP contribution in [0.4, 0.5) is 0 Å². The first kappa shape index (κ1) is 24.6. The summed E-state index contributed by atoms with van der Waals surface area (Å²) in [6.07, 6.45) is 0. The standard InChI is InChI=1S/C23H21Cl3N2O3S/c1-16-2-4-17(5-3-16)13-27-23(29)15-28(14-18-6-7-20(25)12-22(18)26)32(30,31)21-10-8-19(24)9-11-21/h2-12H,13-15H2,1H3,(H,27,29). The Hall–Kier alpha value is -2.09. The van der Waals surface area contributed by atoms with Gasteiger partial charge in [0, 0.05) is 28.2 Å². The van der Waals surface area contributed by atoms with Gasteiger partial charge in [-0.25, -0.2) is 8.42 Å². The lowest BCUT2D eigenvalue weighted by atomic mass is 10.1. The number of amides is 1. The summed E-state index contributed by atoms with van der Waals surface area (Å²) in [5.41, 5.74) is 2.55. The summed E-state index contributed by atoms with van der Waals surface area (Å²) < 4.78 is 27.7. The van der Waals surface area contributed by atoms with Crippen molar-refractivity contribution >= 4 is 50.7 Å². The predicted octanol–water partition coefficient (Wildman–Crippen LogP) is 5.46. The number of carbonyl (C=O) groups is 1. The number of carbonyl (C=O) groups excluding carboxylic acids is 1. The molecule has 3 aromatic carbocycles. The maximum Gasteiger partial charge on any atom is 0.243 e. The van der Waals surface area contributed by atoms with Crippen LogP contribution in [0.25, 0.3) is 0 Å². The van der Waals surface area contributed by atoms with Gasteiger partial charge in [0.1, 0.15) is 0 Å². The molecule has 9 heteroatoms. The molecule has 1 N–H and O–H groups in total. The Labute approximate surface area is 203 Å². The van der Waals surface area contributed by atoms with Crippen molar-refractivity contribution in [1.82, 2.24) is 9.62 Å². The summed E-state index contributed by atoms with van der Waals surface area (Å²) in [6.45, 7) is 1.79. The van der Waals surface area contributed by atoms with Crippen molar-refractivity contribution < 1.29 is 13.2 Å². The van der Waals surface area contributed by atoms with Crippen LogP contribution in [0.15, 0.2) is 71.6 Å². The Bertz CT molecular complexity index is 1200. The normalized spacial score (nSPS) is 11.5. The zero-order valence-electron chi connectivity index (χ0n) is 17.2. The molecule has 3 rings (SSSR count). The summed E-state index contributed by atoms with van der Waals surface area (Å²) in [5, 5.41) is 3.93. The molecular formula is C23H21Cl3N2O3S. The molecule has 168 valence electrons. The molecule has 0 radical (unpaired) electrons. The monoisotopic (exact) mass is 510 g/mol. The lowest BCUT2D eigenvalue weighted by Gasteiger charge is -2.22. The van der Waals surface area contributed by atoms with Crippen LogP contribution >= 0.6 is 34.8 Å². The van der Waals surface area contributed by atoms with Gasteiger partial charge < -0.3 is 5.32 Å². The molecule has 0 aliphatic rings. The second-order valence-electron chi connectivity index (χ2n) is 7.23. The Kier molecular flexibility index (Phi) is 8.20. The van der Waals surface area contributed by atoms with Crippen LogP contribution in [0.1, 0.15) is 16.7 Å².